The standard InChI is InChI=1S/C25H17NO5/c27-22-13-18(15-10-11-20-21(12-15)30-14-29-20)23-24(31-22)17-8-4-5-9-19(17)26(25(23)28)16-6-2-1-3-7-16/h1-12,18H,13-14H2/t18-/m1/s1. The Balaban J connectivity index is 1.66. The fourth-order valence-electron chi connectivity index (χ4n) is 4.42. The second-order valence-electron chi connectivity index (χ2n) is 7.58. The average Bonchev–Trinajstić information content (AvgIpc) is 3.27. The lowest BCUT2D eigenvalue weighted by molar-refractivity contribution is -0.135. The Labute approximate surface area is 177 Å². The molecule has 0 saturated heterocycles. The van der Waals surface area contributed by atoms with Gasteiger partial charge in [-0.15, -0.1) is 0 Å². The third-order valence-electron chi connectivity index (χ3n) is 5.82. The molecule has 31 heavy (non-hydrogen) atoms. The first kappa shape index (κ1) is 17.8. The van der Waals surface area contributed by atoms with E-state index in [1.807, 2.05) is 72.8 Å². The Morgan fingerprint density at radius 1 is 0.839 bits per heavy atom. The second kappa shape index (κ2) is 6.74. The first-order valence-electron chi connectivity index (χ1n) is 10.0. The Morgan fingerprint density at radius 3 is 2.48 bits per heavy atom. The summed E-state index contributed by atoms with van der Waals surface area (Å²) >= 11 is 0. The SMILES string of the molecule is O=C1C[C@H](c2ccc3c(c2)OCO3)c2c(c3ccccc3n(-c3ccccc3)c2=O)O1. The topological polar surface area (TPSA) is 66.8 Å². The summed E-state index contributed by atoms with van der Waals surface area (Å²) in [6.07, 6.45) is 0.0784. The van der Waals surface area contributed by atoms with Crippen molar-refractivity contribution in [2.24, 2.45) is 0 Å². The van der Waals surface area contributed by atoms with Crippen LogP contribution >= 0.6 is 0 Å². The van der Waals surface area contributed by atoms with Crippen molar-refractivity contribution in [3.63, 3.8) is 0 Å². The van der Waals surface area contributed by atoms with E-state index >= 15 is 0 Å². The zero-order chi connectivity index (χ0) is 20.9. The summed E-state index contributed by atoms with van der Waals surface area (Å²) in [5.74, 6) is 0.798. The van der Waals surface area contributed by atoms with Gasteiger partial charge in [-0.2, -0.15) is 0 Å². The van der Waals surface area contributed by atoms with Crippen molar-refractivity contribution >= 4 is 16.9 Å². The molecule has 6 nitrogen and oxygen atoms in total. The third-order valence-corrected chi connectivity index (χ3v) is 5.82. The maximum absolute atomic E-state index is 13.9. The van der Waals surface area contributed by atoms with Gasteiger partial charge in [0.05, 0.1) is 17.5 Å². The summed E-state index contributed by atoms with van der Waals surface area (Å²) in [7, 11) is 0. The van der Waals surface area contributed by atoms with Crippen LogP contribution in [0.3, 0.4) is 0 Å². The smallest absolute Gasteiger partial charge is 0.312 e. The van der Waals surface area contributed by atoms with Crippen molar-refractivity contribution in [2.45, 2.75) is 12.3 Å². The molecule has 0 N–H and O–H groups in total. The van der Waals surface area contributed by atoms with E-state index in [9.17, 15) is 9.59 Å². The van der Waals surface area contributed by atoms with Crippen LogP contribution in [0.1, 0.15) is 23.5 Å². The molecule has 152 valence electrons. The van der Waals surface area contributed by atoms with Gasteiger partial charge in [0.25, 0.3) is 5.56 Å². The number of fused-ring (bicyclic) bond motifs is 4. The summed E-state index contributed by atoms with van der Waals surface area (Å²) in [4.78, 5) is 26.4. The monoisotopic (exact) mass is 411 g/mol. The molecule has 0 fully saturated rings. The molecule has 1 aromatic heterocycles. The Hall–Kier alpha value is -4.06. The van der Waals surface area contributed by atoms with E-state index in [2.05, 4.69) is 0 Å². The van der Waals surface area contributed by atoms with Crippen molar-refractivity contribution in [1.29, 1.82) is 0 Å². The maximum atomic E-state index is 13.9. The average molecular weight is 411 g/mol. The highest BCUT2D eigenvalue weighted by atomic mass is 16.7. The Kier molecular flexibility index (Phi) is 3.86. The van der Waals surface area contributed by atoms with E-state index in [1.165, 1.54) is 0 Å². The molecule has 1 atom stereocenters. The number of pyridine rings is 1. The number of ether oxygens (including phenoxy) is 3. The van der Waals surface area contributed by atoms with Gasteiger partial charge in [0.15, 0.2) is 11.5 Å². The van der Waals surface area contributed by atoms with Crippen LogP contribution in [0.2, 0.25) is 0 Å². The lowest BCUT2D eigenvalue weighted by Crippen LogP contribution is -2.32. The fraction of sp³-hybridized carbons (Fsp3) is 0.120. The summed E-state index contributed by atoms with van der Waals surface area (Å²) in [6.45, 7) is 0.160. The molecule has 0 amide bonds. The predicted octanol–water partition coefficient (Wildman–Crippen LogP) is 4.16. The minimum absolute atomic E-state index is 0.0784. The van der Waals surface area contributed by atoms with Gasteiger partial charge in [-0.25, -0.2) is 0 Å². The van der Waals surface area contributed by atoms with Crippen molar-refractivity contribution in [3.05, 3.63) is 94.3 Å². The highest BCUT2D eigenvalue weighted by molar-refractivity contribution is 5.92. The van der Waals surface area contributed by atoms with Crippen LogP contribution in [0, 0.1) is 0 Å². The molecule has 2 aliphatic rings. The fourth-order valence-corrected chi connectivity index (χ4v) is 4.42. The molecule has 3 aromatic carbocycles. The number of nitrogens with zero attached hydrogens (tertiary/aromatic N) is 1. The number of aromatic nitrogens is 1. The van der Waals surface area contributed by atoms with Gasteiger partial charge in [0, 0.05) is 17.0 Å². The van der Waals surface area contributed by atoms with Crippen molar-refractivity contribution in [1.82, 2.24) is 4.57 Å². The van der Waals surface area contributed by atoms with Crippen LogP contribution in [0.4, 0.5) is 0 Å². The van der Waals surface area contributed by atoms with Gasteiger partial charge >= 0.3 is 5.97 Å². The van der Waals surface area contributed by atoms with E-state index in [1.54, 1.807) is 4.57 Å². The Morgan fingerprint density at radius 2 is 1.61 bits per heavy atom. The molecule has 0 spiro atoms. The van der Waals surface area contributed by atoms with Crippen molar-refractivity contribution in [3.8, 4) is 22.9 Å². The van der Waals surface area contributed by atoms with Gasteiger partial charge in [-0.1, -0.05) is 36.4 Å². The second-order valence-corrected chi connectivity index (χ2v) is 7.58. The van der Waals surface area contributed by atoms with Crippen LogP contribution in [-0.2, 0) is 4.79 Å². The molecule has 0 bridgehead atoms. The van der Waals surface area contributed by atoms with Crippen LogP contribution in [0.5, 0.6) is 17.2 Å². The van der Waals surface area contributed by atoms with E-state index in [4.69, 9.17) is 14.2 Å². The zero-order valence-electron chi connectivity index (χ0n) is 16.4. The molecule has 0 aliphatic carbocycles. The number of hydrogen-bond donors (Lipinski definition) is 0. The van der Waals surface area contributed by atoms with Crippen LogP contribution < -0.4 is 19.8 Å². The van der Waals surface area contributed by atoms with Crippen LogP contribution in [0.25, 0.3) is 16.6 Å². The number of benzene rings is 3. The van der Waals surface area contributed by atoms with Crippen LogP contribution in [-0.4, -0.2) is 17.3 Å². The van der Waals surface area contributed by atoms with E-state index < -0.39 is 5.92 Å². The molecule has 3 heterocycles. The molecule has 0 saturated carbocycles. The quantitative estimate of drug-likeness (QED) is 0.464. The van der Waals surface area contributed by atoms with E-state index in [0.29, 0.717) is 28.3 Å². The number of esters is 1. The van der Waals surface area contributed by atoms with Gasteiger partial charge in [0.1, 0.15) is 5.75 Å². The first-order valence-corrected chi connectivity index (χ1v) is 10.0. The lowest BCUT2D eigenvalue weighted by atomic mass is 9.86. The molecule has 6 rings (SSSR count). The van der Waals surface area contributed by atoms with Gasteiger partial charge < -0.3 is 14.2 Å². The van der Waals surface area contributed by atoms with Gasteiger partial charge in [-0.05, 0) is 42.0 Å². The third kappa shape index (κ3) is 2.72. The first-order chi connectivity index (χ1) is 15.2. The minimum atomic E-state index is -0.446. The summed E-state index contributed by atoms with van der Waals surface area (Å²) < 4.78 is 18.3. The normalized spacial score (nSPS) is 16.8. The predicted molar refractivity (Wildman–Crippen MR) is 114 cm³/mol. The maximum Gasteiger partial charge on any atom is 0.312 e. The lowest BCUT2D eigenvalue weighted by Gasteiger charge is -2.27. The summed E-state index contributed by atoms with van der Waals surface area (Å²) in [6, 6.07) is 22.5. The molecule has 0 unspecified atom stereocenters. The van der Waals surface area contributed by atoms with Crippen molar-refractivity contribution in [2.75, 3.05) is 6.79 Å². The van der Waals surface area contributed by atoms with Crippen molar-refractivity contribution < 1.29 is 19.0 Å². The number of carbonyl (C=O) groups excluding carboxylic acids is 1. The molecule has 6 heteroatoms. The molecular weight excluding hydrogens is 394 g/mol. The summed E-state index contributed by atoms with van der Waals surface area (Å²) in [5.41, 5.74) is 2.54. The summed E-state index contributed by atoms with van der Waals surface area (Å²) in [5, 5.41) is 0.722. The number of para-hydroxylation sites is 2. The Bertz CT molecular complexity index is 1410. The number of hydrogen-bond acceptors (Lipinski definition) is 5. The highest BCUT2D eigenvalue weighted by Gasteiger charge is 2.35. The van der Waals surface area contributed by atoms with Gasteiger partial charge in [0.2, 0.25) is 6.79 Å². The molecular formula is C25H17NO5. The largest absolute Gasteiger partial charge is 0.454 e. The number of carbonyl (C=O) groups is 1. The zero-order valence-corrected chi connectivity index (χ0v) is 16.4. The van der Waals surface area contributed by atoms with Gasteiger partial charge in [-0.3, -0.25) is 14.2 Å². The highest BCUT2D eigenvalue weighted by Crippen LogP contribution is 2.43. The number of rotatable bonds is 2. The molecule has 0 radical (unpaired) electrons. The molecule has 2 aliphatic heterocycles. The minimum Gasteiger partial charge on any atom is -0.454 e. The molecule has 4 aromatic rings. The van der Waals surface area contributed by atoms with E-state index in [0.717, 1.165) is 16.6 Å². The van der Waals surface area contributed by atoms with E-state index in [-0.39, 0.29) is 24.7 Å². The van der Waals surface area contributed by atoms with Crippen LogP contribution in [0.15, 0.2) is 77.6 Å².